The van der Waals surface area contributed by atoms with Gasteiger partial charge in [-0.15, -0.1) is 0 Å². The number of aromatic nitrogens is 2. The van der Waals surface area contributed by atoms with Crippen LogP contribution in [0.2, 0.25) is 0 Å². The summed E-state index contributed by atoms with van der Waals surface area (Å²) in [5.74, 6) is 2.08. The summed E-state index contributed by atoms with van der Waals surface area (Å²) in [4.78, 5) is 4.87. The van der Waals surface area contributed by atoms with E-state index in [9.17, 15) is 0 Å². The van der Waals surface area contributed by atoms with Crippen molar-refractivity contribution >= 4 is 11.0 Å². The predicted octanol–water partition coefficient (Wildman–Crippen LogP) is 5.36. The maximum Gasteiger partial charge on any atom is 0.139 e. The fraction of sp³-hybridized carbons (Fsp3) is 0.435. The molecule has 4 nitrogen and oxygen atoms in total. The van der Waals surface area contributed by atoms with E-state index < -0.39 is 0 Å². The molecule has 1 atom stereocenters. The van der Waals surface area contributed by atoms with E-state index in [0.717, 1.165) is 62.5 Å². The summed E-state index contributed by atoms with van der Waals surface area (Å²) in [5.41, 5.74) is 4.75. The van der Waals surface area contributed by atoms with Gasteiger partial charge < -0.3 is 14.0 Å². The molecule has 1 unspecified atom stereocenters. The molecule has 1 fully saturated rings. The fourth-order valence-corrected chi connectivity index (χ4v) is 3.87. The van der Waals surface area contributed by atoms with Crippen LogP contribution in [0.5, 0.6) is 5.75 Å². The molecule has 0 saturated carbocycles. The Morgan fingerprint density at radius 2 is 2.04 bits per heavy atom. The Bertz CT molecular complexity index is 910. The molecule has 0 aliphatic carbocycles. The lowest BCUT2D eigenvalue weighted by Crippen LogP contribution is -2.10. The third kappa shape index (κ3) is 4.01. The van der Waals surface area contributed by atoms with Crippen LogP contribution in [0.15, 0.2) is 42.5 Å². The fourth-order valence-electron chi connectivity index (χ4n) is 3.87. The lowest BCUT2D eigenvalue weighted by atomic mass is 10.1. The minimum absolute atomic E-state index is 0.142. The van der Waals surface area contributed by atoms with Crippen molar-refractivity contribution in [1.29, 1.82) is 0 Å². The van der Waals surface area contributed by atoms with Crippen LogP contribution in [-0.4, -0.2) is 22.8 Å². The molecule has 1 aliphatic heterocycles. The average Bonchev–Trinajstić information content (AvgIpc) is 3.31. The van der Waals surface area contributed by atoms with Crippen LogP contribution < -0.4 is 4.74 Å². The van der Waals surface area contributed by atoms with E-state index in [1.165, 1.54) is 16.6 Å². The Labute approximate surface area is 161 Å². The minimum atomic E-state index is 0.142. The molecule has 0 bridgehead atoms. The number of aryl methyl sites for hydroxylation is 3. The zero-order chi connectivity index (χ0) is 18.6. The van der Waals surface area contributed by atoms with Crippen LogP contribution in [0, 0.1) is 13.8 Å². The maximum atomic E-state index is 5.98. The summed E-state index contributed by atoms with van der Waals surface area (Å²) in [6.45, 7) is 6.75. The summed E-state index contributed by atoms with van der Waals surface area (Å²) >= 11 is 0. The van der Waals surface area contributed by atoms with E-state index >= 15 is 0 Å². The summed E-state index contributed by atoms with van der Waals surface area (Å²) < 4.78 is 14.2. The number of benzene rings is 2. The maximum absolute atomic E-state index is 5.98. The van der Waals surface area contributed by atoms with Crippen molar-refractivity contribution in [2.24, 2.45) is 0 Å². The Morgan fingerprint density at radius 1 is 1.15 bits per heavy atom. The van der Waals surface area contributed by atoms with Gasteiger partial charge in [0.15, 0.2) is 0 Å². The third-order valence-electron chi connectivity index (χ3n) is 5.27. The minimum Gasteiger partial charge on any atom is -0.493 e. The molecular formula is C23H28N2O2. The molecule has 4 rings (SSSR count). The quantitative estimate of drug-likeness (QED) is 0.529. The molecule has 0 amide bonds. The number of hydrogen-bond acceptors (Lipinski definition) is 3. The van der Waals surface area contributed by atoms with E-state index in [4.69, 9.17) is 14.5 Å². The van der Waals surface area contributed by atoms with E-state index in [2.05, 4.69) is 60.9 Å². The summed E-state index contributed by atoms with van der Waals surface area (Å²) in [6.07, 6.45) is 4.41. The molecule has 2 aromatic carbocycles. The van der Waals surface area contributed by atoms with Gasteiger partial charge in [-0.2, -0.15) is 0 Å². The van der Waals surface area contributed by atoms with Crippen molar-refractivity contribution in [1.82, 2.24) is 9.55 Å². The van der Waals surface area contributed by atoms with Gasteiger partial charge in [0.2, 0.25) is 0 Å². The van der Waals surface area contributed by atoms with Crippen LogP contribution in [0.25, 0.3) is 11.0 Å². The molecule has 1 aliphatic rings. The van der Waals surface area contributed by atoms with E-state index in [1.54, 1.807) is 0 Å². The van der Waals surface area contributed by atoms with Gasteiger partial charge in [0.1, 0.15) is 17.7 Å². The standard InChI is InChI=1S/C23H28N2O2/c1-17-11-12-21(18(2)16-17)26-14-6-5-13-25-20-9-4-3-8-19(20)24-23(25)22-10-7-15-27-22/h3-4,8-9,11-12,16,22H,5-7,10,13-15H2,1-2H3. The van der Waals surface area contributed by atoms with Gasteiger partial charge in [-0.25, -0.2) is 4.98 Å². The van der Waals surface area contributed by atoms with E-state index in [0.29, 0.717) is 0 Å². The smallest absolute Gasteiger partial charge is 0.139 e. The van der Waals surface area contributed by atoms with Crippen LogP contribution in [0.1, 0.15) is 48.7 Å². The number of imidazole rings is 1. The topological polar surface area (TPSA) is 36.3 Å². The molecule has 1 aromatic heterocycles. The molecule has 1 saturated heterocycles. The zero-order valence-electron chi connectivity index (χ0n) is 16.3. The van der Waals surface area contributed by atoms with Gasteiger partial charge in [0.25, 0.3) is 0 Å². The van der Waals surface area contributed by atoms with Crippen molar-refractivity contribution in [2.45, 2.75) is 52.2 Å². The van der Waals surface area contributed by atoms with E-state index in [-0.39, 0.29) is 6.10 Å². The predicted molar refractivity (Wildman–Crippen MR) is 108 cm³/mol. The van der Waals surface area contributed by atoms with Gasteiger partial charge in [-0.05, 0) is 63.3 Å². The Hall–Kier alpha value is -2.33. The van der Waals surface area contributed by atoms with Crippen molar-refractivity contribution < 1.29 is 9.47 Å². The Kier molecular flexibility index (Phi) is 5.44. The van der Waals surface area contributed by atoms with Crippen LogP contribution in [-0.2, 0) is 11.3 Å². The van der Waals surface area contributed by atoms with Gasteiger partial charge in [0, 0.05) is 13.2 Å². The molecule has 27 heavy (non-hydrogen) atoms. The SMILES string of the molecule is Cc1ccc(OCCCCn2c(C3CCCO3)nc3ccccc32)c(C)c1. The number of rotatable bonds is 7. The Morgan fingerprint density at radius 3 is 2.85 bits per heavy atom. The van der Waals surface area contributed by atoms with Crippen LogP contribution in [0.3, 0.4) is 0 Å². The first kappa shape index (κ1) is 18.1. The number of unbranched alkanes of at least 4 members (excludes halogenated alkanes) is 1. The number of hydrogen-bond donors (Lipinski definition) is 0. The highest BCUT2D eigenvalue weighted by atomic mass is 16.5. The number of para-hydroxylation sites is 2. The van der Waals surface area contributed by atoms with Gasteiger partial charge >= 0.3 is 0 Å². The highest BCUT2D eigenvalue weighted by Crippen LogP contribution is 2.30. The first-order valence-electron chi connectivity index (χ1n) is 9.99. The zero-order valence-corrected chi connectivity index (χ0v) is 16.3. The Balaban J connectivity index is 1.39. The first-order chi connectivity index (χ1) is 13.2. The molecule has 142 valence electrons. The number of ether oxygens (including phenoxy) is 2. The van der Waals surface area contributed by atoms with Crippen molar-refractivity contribution in [3.05, 3.63) is 59.4 Å². The van der Waals surface area contributed by atoms with Gasteiger partial charge in [-0.3, -0.25) is 0 Å². The molecular weight excluding hydrogens is 336 g/mol. The first-order valence-corrected chi connectivity index (χ1v) is 9.99. The molecule has 0 radical (unpaired) electrons. The van der Waals surface area contributed by atoms with Crippen molar-refractivity contribution in [2.75, 3.05) is 13.2 Å². The highest BCUT2D eigenvalue weighted by molar-refractivity contribution is 5.76. The van der Waals surface area contributed by atoms with Crippen LogP contribution in [0.4, 0.5) is 0 Å². The molecule has 0 N–H and O–H groups in total. The summed E-state index contributed by atoms with van der Waals surface area (Å²) in [6, 6.07) is 14.7. The average molecular weight is 364 g/mol. The molecule has 2 heterocycles. The number of nitrogens with zero attached hydrogens (tertiary/aromatic N) is 2. The van der Waals surface area contributed by atoms with Crippen molar-refractivity contribution in [3.8, 4) is 5.75 Å². The van der Waals surface area contributed by atoms with Crippen molar-refractivity contribution in [3.63, 3.8) is 0 Å². The summed E-state index contributed by atoms with van der Waals surface area (Å²) in [5, 5.41) is 0. The highest BCUT2D eigenvalue weighted by Gasteiger charge is 2.24. The van der Waals surface area contributed by atoms with Gasteiger partial charge in [0.05, 0.1) is 17.6 Å². The third-order valence-corrected chi connectivity index (χ3v) is 5.27. The van der Waals surface area contributed by atoms with Crippen LogP contribution >= 0.6 is 0 Å². The second kappa shape index (κ2) is 8.13. The lowest BCUT2D eigenvalue weighted by Gasteiger charge is -2.14. The summed E-state index contributed by atoms with van der Waals surface area (Å²) in [7, 11) is 0. The molecule has 3 aromatic rings. The molecule has 4 heteroatoms. The normalized spacial score (nSPS) is 16.9. The monoisotopic (exact) mass is 364 g/mol. The second-order valence-corrected chi connectivity index (χ2v) is 7.44. The van der Waals surface area contributed by atoms with Gasteiger partial charge in [-0.1, -0.05) is 29.8 Å². The van der Waals surface area contributed by atoms with E-state index in [1.807, 2.05) is 0 Å². The molecule has 0 spiro atoms. The number of fused-ring (bicyclic) bond motifs is 1. The largest absolute Gasteiger partial charge is 0.493 e. The lowest BCUT2D eigenvalue weighted by molar-refractivity contribution is 0.102. The second-order valence-electron chi connectivity index (χ2n) is 7.44.